The van der Waals surface area contributed by atoms with E-state index in [1.54, 1.807) is 24.4 Å². The average molecular weight is 457 g/mol. The first-order valence-electron chi connectivity index (χ1n) is 11.8. The number of carbonyl (C=O) groups excluding carboxylic acids is 1. The Morgan fingerprint density at radius 1 is 1.09 bits per heavy atom. The van der Waals surface area contributed by atoms with Gasteiger partial charge in [0, 0.05) is 56.2 Å². The van der Waals surface area contributed by atoms with Crippen LogP contribution in [0.2, 0.25) is 0 Å². The number of hydrogen-bond acceptors (Lipinski definition) is 5. The van der Waals surface area contributed by atoms with Gasteiger partial charge in [0.15, 0.2) is 5.75 Å². The minimum absolute atomic E-state index is 0.0324. The van der Waals surface area contributed by atoms with E-state index < -0.39 is 0 Å². The molecule has 0 radical (unpaired) electrons. The van der Waals surface area contributed by atoms with Crippen LogP contribution in [0.4, 0.5) is 10.1 Å². The topological polar surface area (TPSA) is 66.8 Å². The summed E-state index contributed by atoms with van der Waals surface area (Å²) in [6, 6.07) is 8.40. The Morgan fingerprint density at radius 2 is 1.79 bits per heavy atom. The van der Waals surface area contributed by atoms with Gasteiger partial charge in [0.2, 0.25) is 11.3 Å². The molecule has 0 spiro atoms. The Bertz CT molecular complexity index is 994. The van der Waals surface area contributed by atoms with Crippen molar-refractivity contribution in [2.45, 2.75) is 51.2 Å². The molecule has 2 heterocycles. The van der Waals surface area contributed by atoms with Gasteiger partial charge in [0.1, 0.15) is 12.4 Å². The number of hydrogen-bond donors (Lipinski definition) is 1. The lowest BCUT2D eigenvalue weighted by molar-refractivity contribution is -0.122. The van der Waals surface area contributed by atoms with Gasteiger partial charge in [-0.15, -0.1) is 0 Å². The highest BCUT2D eigenvalue weighted by molar-refractivity contribution is 5.76. The van der Waals surface area contributed by atoms with Gasteiger partial charge in [-0.2, -0.15) is 0 Å². The number of carbonyl (C=O) groups is 1. The highest BCUT2D eigenvalue weighted by Crippen LogP contribution is 2.19. The average Bonchev–Trinajstić information content (AvgIpc) is 2.82. The van der Waals surface area contributed by atoms with Crippen LogP contribution < -0.4 is 20.4 Å². The van der Waals surface area contributed by atoms with E-state index in [4.69, 9.17) is 4.74 Å². The van der Waals surface area contributed by atoms with E-state index in [-0.39, 0.29) is 35.5 Å². The number of nitrogens with one attached hydrogen (secondary N) is 1. The molecule has 1 amide bonds. The van der Waals surface area contributed by atoms with Gasteiger partial charge in [-0.1, -0.05) is 19.3 Å². The quantitative estimate of drug-likeness (QED) is 0.694. The number of rotatable bonds is 7. The molecule has 1 N–H and O–H groups in total. The van der Waals surface area contributed by atoms with Gasteiger partial charge < -0.3 is 19.5 Å². The maximum absolute atomic E-state index is 13.2. The second kappa shape index (κ2) is 10.8. The highest BCUT2D eigenvalue weighted by atomic mass is 19.1. The Morgan fingerprint density at radius 3 is 2.45 bits per heavy atom. The molecule has 0 bridgehead atoms. The molecule has 1 aromatic carbocycles. The predicted octanol–water partition coefficient (Wildman–Crippen LogP) is 2.77. The van der Waals surface area contributed by atoms with E-state index in [0.717, 1.165) is 63.2 Å². The molecule has 1 aliphatic carbocycles. The number of nitrogens with zero attached hydrogens (tertiary/aromatic N) is 3. The molecular formula is C25H33FN4O3. The van der Waals surface area contributed by atoms with Crippen molar-refractivity contribution in [3.8, 4) is 5.75 Å². The summed E-state index contributed by atoms with van der Waals surface area (Å²) in [5.41, 5.74) is 1.63. The van der Waals surface area contributed by atoms with E-state index in [0.29, 0.717) is 6.54 Å². The summed E-state index contributed by atoms with van der Waals surface area (Å²) in [5, 5.41) is 3.15. The minimum atomic E-state index is -0.234. The van der Waals surface area contributed by atoms with Crippen molar-refractivity contribution < 1.29 is 13.9 Å². The molecule has 7 nitrogen and oxygen atoms in total. The lowest BCUT2D eigenvalue weighted by Crippen LogP contribution is -2.46. The fourth-order valence-electron chi connectivity index (χ4n) is 4.75. The van der Waals surface area contributed by atoms with E-state index in [1.165, 1.54) is 25.7 Å². The SMILES string of the molecule is COc1cn(CC(=O)NC2CCCCC2)c(CN2CCN(c3ccc(F)cc3)CC2)cc1=O. The molecule has 1 aliphatic heterocycles. The Balaban J connectivity index is 1.41. The number of aromatic nitrogens is 1. The summed E-state index contributed by atoms with van der Waals surface area (Å²) < 4.78 is 20.3. The van der Waals surface area contributed by atoms with Crippen molar-refractivity contribution in [3.63, 3.8) is 0 Å². The number of ether oxygens (including phenoxy) is 1. The second-order valence-corrected chi connectivity index (χ2v) is 8.97. The molecule has 0 unspecified atom stereocenters. The molecular weight excluding hydrogens is 423 g/mol. The number of anilines is 1. The fourth-order valence-corrected chi connectivity index (χ4v) is 4.75. The normalized spacial score (nSPS) is 17.7. The maximum atomic E-state index is 13.2. The summed E-state index contributed by atoms with van der Waals surface area (Å²) in [6.45, 7) is 3.99. The Kier molecular flexibility index (Phi) is 7.65. The van der Waals surface area contributed by atoms with Crippen LogP contribution in [0, 0.1) is 5.82 Å². The first kappa shape index (κ1) is 23.3. The van der Waals surface area contributed by atoms with Crippen LogP contribution in [0.15, 0.2) is 41.3 Å². The van der Waals surface area contributed by atoms with Gasteiger partial charge in [-0.3, -0.25) is 14.5 Å². The van der Waals surface area contributed by atoms with E-state index in [9.17, 15) is 14.0 Å². The largest absolute Gasteiger partial charge is 0.491 e. The van der Waals surface area contributed by atoms with Crippen LogP contribution in [0.1, 0.15) is 37.8 Å². The van der Waals surface area contributed by atoms with Crippen LogP contribution in [-0.4, -0.2) is 54.7 Å². The van der Waals surface area contributed by atoms with Crippen LogP contribution in [0.25, 0.3) is 0 Å². The number of piperazine rings is 1. The Hall–Kier alpha value is -2.87. The second-order valence-electron chi connectivity index (χ2n) is 8.97. The van der Waals surface area contributed by atoms with Crippen LogP contribution >= 0.6 is 0 Å². The number of methoxy groups -OCH3 is 1. The van der Waals surface area contributed by atoms with Gasteiger partial charge in [-0.25, -0.2) is 4.39 Å². The van der Waals surface area contributed by atoms with Crippen molar-refractivity contribution >= 4 is 11.6 Å². The zero-order valence-corrected chi connectivity index (χ0v) is 19.3. The van der Waals surface area contributed by atoms with Crippen molar-refractivity contribution in [1.29, 1.82) is 0 Å². The van der Waals surface area contributed by atoms with E-state index in [1.807, 2.05) is 4.57 Å². The van der Waals surface area contributed by atoms with Gasteiger partial charge in [-0.05, 0) is 37.1 Å². The summed E-state index contributed by atoms with van der Waals surface area (Å²) in [7, 11) is 1.47. The van der Waals surface area contributed by atoms with Crippen molar-refractivity contribution in [3.05, 3.63) is 58.3 Å². The minimum Gasteiger partial charge on any atom is -0.491 e. The van der Waals surface area contributed by atoms with Crippen molar-refractivity contribution in [2.24, 2.45) is 0 Å². The van der Waals surface area contributed by atoms with Crippen molar-refractivity contribution in [1.82, 2.24) is 14.8 Å². The standard InChI is InChI=1S/C25H33FN4O3/c1-33-24-17-30(18-25(32)27-20-5-3-2-4-6-20)22(15-23(24)31)16-28-11-13-29(14-12-28)21-9-7-19(26)8-10-21/h7-10,15,17,20H,2-6,11-14,16,18H2,1H3,(H,27,32). The van der Waals surface area contributed by atoms with Crippen LogP contribution in [-0.2, 0) is 17.9 Å². The molecule has 2 fully saturated rings. The number of pyridine rings is 1. The third-order valence-electron chi connectivity index (χ3n) is 6.64. The summed E-state index contributed by atoms with van der Waals surface area (Å²) in [5.74, 6) is -0.0253. The third-order valence-corrected chi connectivity index (χ3v) is 6.64. The lowest BCUT2D eigenvalue weighted by Gasteiger charge is -2.36. The molecule has 8 heteroatoms. The molecule has 0 atom stereocenters. The number of benzene rings is 1. The molecule has 4 rings (SSSR count). The third kappa shape index (κ3) is 6.13. The Labute approximate surface area is 194 Å². The van der Waals surface area contributed by atoms with E-state index in [2.05, 4.69) is 15.1 Å². The van der Waals surface area contributed by atoms with Crippen molar-refractivity contribution in [2.75, 3.05) is 38.2 Å². The first-order valence-corrected chi connectivity index (χ1v) is 11.8. The molecule has 2 aliphatic rings. The molecule has 1 saturated carbocycles. The number of halogens is 1. The number of amides is 1. The fraction of sp³-hybridized carbons (Fsp3) is 0.520. The first-order chi connectivity index (χ1) is 16.0. The smallest absolute Gasteiger partial charge is 0.240 e. The summed E-state index contributed by atoms with van der Waals surface area (Å²) in [4.78, 5) is 29.7. The van der Waals surface area contributed by atoms with Gasteiger partial charge in [0.25, 0.3) is 0 Å². The van der Waals surface area contributed by atoms with E-state index >= 15 is 0 Å². The van der Waals surface area contributed by atoms with Gasteiger partial charge >= 0.3 is 0 Å². The summed E-state index contributed by atoms with van der Waals surface area (Å²) in [6.07, 6.45) is 7.27. The molecule has 33 heavy (non-hydrogen) atoms. The van der Waals surface area contributed by atoms with Gasteiger partial charge in [0.05, 0.1) is 13.3 Å². The predicted molar refractivity (Wildman–Crippen MR) is 126 cm³/mol. The van der Waals surface area contributed by atoms with Crippen LogP contribution in [0.5, 0.6) is 5.75 Å². The zero-order chi connectivity index (χ0) is 23.2. The molecule has 178 valence electrons. The monoisotopic (exact) mass is 456 g/mol. The molecule has 1 saturated heterocycles. The maximum Gasteiger partial charge on any atom is 0.240 e. The molecule has 1 aromatic heterocycles. The highest BCUT2D eigenvalue weighted by Gasteiger charge is 2.21. The molecule has 2 aromatic rings. The van der Waals surface area contributed by atoms with Crippen LogP contribution in [0.3, 0.4) is 0 Å². The lowest BCUT2D eigenvalue weighted by atomic mass is 9.95. The summed E-state index contributed by atoms with van der Waals surface area (Å²) >= 11 is 0. The zero-order valence-electron chi connectivity index (χ0n) is 19.3.